The zero-order chi connectivity index (χ0) is 14.5. The van der Waals surface area contributed by atoms with E-state index in [-0.39, 0.29) is 11.7 Å². The van der Waals surface area contributed by atoms with Crippen LogP contribution in [0.25, 0.3) is 10.9 Å². The summed E-state index contributed by atoms with van der Waals surface area (Å²) < 4.78 is 0. The summed E-state index contributed by atoms with van der Waals surface area (Å²) in [5.74, 6) is 0.235. The van der Waals surface area contributed by atoms with Crippen molar-refractivity contribution in [1.29, 1.82) is 0 Å². The van der Waals surface area contributed by atoms with Gasteiger partial charge in [0.2, 0.25) is 5.91 Å². The van der Waals surface area contributed by atoms with Crippen LogP contribution >= 0.6 is 11.8 Å². The van der Waals surface area contributed by atoms with Gasteiger partial charge in [-0.2, -0.15) is 0 Å². The molecule has 0 bridgehead atoms. The van der Waals surface area contributed by atoms with E-state index in [1.807, 2.05) is 24.3 Å². The SMILES string of the molecule is CC(=O)Nc1nc(CSCC(=O)O)nc2ccccc12. The zero-order valence-electron chi connectivity index (χ0n) is 10.8. The number of fused-ring (bicyclic) bond motifs is 1. The first kappa shape index (κ1) is 14.3. The molecule has 0 saturated heterocycles. The Morgan fingerprint density at radius 1 is 1.30 bits per heavy atom. The van der Waals surface area contributed by atoms with Crippen LogP contribution in [0.1, 0.15) is 12.7 Å². The Balaban J connectivity index is 2.31. The lowest BCUT2D eigenvalue weighted by Crippen LogP contribution is -2.10. The fraction of sp³-hybridized carbons (Fsp3) is 0.231. The maximum Gasteiger partial charge on any atom is 0.313 e. The quantitative estimate of drug-likeness (QED) is 0.874. The molecule has 1 heterocycles. The zero-order valence-corrected chi connectivity index (χ0v) is 11.6. The second kappa shape index (κ2) is 6.33. The molecule has 0 unspecified atom stereocenters. The number of thioether (sulfide) groups is 1. The van der Waals surface area contributed by atoms with Gasteiger partial charge in [-0.25, -0.2) is 9.97 Å². The highest BCUT2D eigenvalue weighted by Crippen LogP contribution is 2.21. The average molecular weight is 291 g/mol. The predicted molar refractivity (Wildman–Crippen MR) is 77.6 cm³/mol. The first-order valence-electron chi connectivity index (χ1n) is 5.89. The van der Waals surface area contributed by atoms with Crippen molar-refractivity contribution in [3.05, 3.63) is 30.1 Å². The summed E-state index contributed by atoms with van der Waals surface area (Å²) in [6.45, 7) is 1.41. The highest BCUT2D eigenvalue weighted by Gasteiger charge is 2.09. The molecule has 104 valence electrons. The van der Waals surface area contributed by atoms with Crippen molar-refractivity contribution < 1.29 is 14.7 Å². The molecule has 0 aliphatic heterocycles. The topological polar surface area (TPSA) is 92.2 Å². The lowest BCUT2D eigenvalue weighted by atomic mass is 10.2. The number of benzene rings is 1. The van der Waals surface area contributed by atoms with E-state index >= 15 is 0 Å². The van der Waals surface area contributed by atoms with Crippen LogP contribution in [0.5, 0.6) is 0 Å². The monoisotopic (exact) mass is 291 g/mol. The van der Waals surface area contributed by atoms with Gasteiger partial charge in [0, 0.05) is 12.3 Å². The van der Waals surface area contributed by atoms with E-state index in [0.29, 0.717) is 17.4 Å². The Labute approximate surface area is 119 Å². The summed E-state index contributed by atoms with van der Waals surface area (Å²) >= 11 is 1.21. The second-order valence-electron chi connectivity index (χ2n) is 4.07. The van der Waals surface area contributed by atoms with Crippen LogP contribution in [-0.4, -0.2) is 32.7 Å². The number of amides is 1. The molecule has 2 rings (SSSR count). The summed E-state index contributed by atoms with van der Waals surface area (Å²) in [6, 6.07) is 7.35. The molecule has 0 atom stereocenters. The van der Waals surface area contributed by atoms with Gasteiger partial charge in [-0.15, -0.1) is 11.8 Å². The largest absolute Gasteiger partial charge is 0.481 e. The number of hydrogen-bond donors (Lipinski definition) is 2. The number of aromatic nitrogens is 2. The number of nitrogens with one attached hydrogen (secondary N) is 1. The smallest absolute Gasteiger partial charge is 0.313 e. The van der Waals surface area contributed by atoms with Gasteiger partial charge in [-0.1, -0.05) is 12.1 Å². The maximum absolute atomic E-state index is 11.2. The molecule has 1 aromatic carbocycles. The molecule has 2 N–H and O–H groups in total. The standard InChI is InChI=1S/C13H13N3O3S/c1-8(17)14-13-9-4-2-3-5-10(9)15-11(16-13)6-20-7-12(18)19/h2-5H,6-7H2,1H3,(H,18,19)(H,14,15,16,17). The first-order chi connectivity index (χ1) is 9.56. The van der Waals surface area contributed by atoms with Gasteiger partial charge >= 0.3 is 5.97 Å². The minimum Gasteiger partial charge on any atom is -0.481 e. The van der Waals surface area contributed by atoms with E-state index in [4.69, 9.17) is 5.11 Å². The van der Waals surface area contributed by atoms with Gasteiger partial charge in [0.05, 0.1) is 17.0 Å². The number of carboxylic acids is 1. The van der Waals surface area contributed by atoms with Crippen LogP contribution in [-0.2, 0) is 15.3 Å². The Bertz CT molecular complexity index is 660. The Hall–Kier alpha value is -2.15. The van der Waals surface area contributed by atoms with E-state index < -0.39 is 5.97 Å². The Morgan fingerprint density at radius 2 is 2.05 bits per heavy atom. The van der Waals surface area contributed by atoms with Crippen molar-refractivity contribution in [2.75, 3.05) is 11.1 Å². The van der Waals surface area contributed by atoms with Crippen molar-refractivity contribution in [3.8, 4) is 0 Å². The molecular weight excluding hydrogens is 278 g/mol. The number of anilines is 1. The van der Waals surface area contributed by atoms with Crippen molar-refractivity contribution in [1.82, 2.24) is 9.97 Å². The van der Waals surface area contributed by atoms with Gasteiger partial charge in [0.25, 0.3) is 0 Å². The minimum absolute atomic E-state index is 0.00828. The van der Waals surface area contributed by atoms with Crippen LogP contribution < -0.4 is 5.32 Å². The molecule has 0 saturated carbocycles. The number of carbonyl (C=O) groups excluding carboxylic acids is 1. The molecule has 0 aliphatic carbocycles. The molecule has 0 fully saturated rings. The molecular formula is C13H13N3O3S. The van der Waals surface area contributed by atoms with Crippen LogP contribution in [0.4, 0.5) is 5.82 Å². The number of nitrogens with zero attached hydrogens (tertiary/aromatic N) is 2. The van der Waals surface area contributed by atoms with E-state index in [1.165, 1.54) is 18.7 Å². The maximum atomic E-state index is 11.2. The molecule has 0 aliphatic rings. The lowest BCUT2D eigenvalue weighted by Gasteiger charge is -2.08. The fourth-order valence-corrected chi connectivity index (χ4v) is 2.27. The summed E-state index contributed by atoms with van der Waals surface area (Å²) in [5.41, 5.74) is 0.720. The molecule has 2 aromatic rings. The highest BCUT2D eigenvalue weighted by molar-refractivity contribution is 7.99. The van der Waals surface area contributed by atoms with Crippen molar-refractivity contribution >= 4 is 40.4 Å². The molecule has 1 amide bonds. The minimum atomic E-state index is -0.877. The van der Waals surface area contributed by atoms with Gasteiger partial charge in [0.15, 0.2) is 0 Å². The van der Waals surface area contributed by atoms with E-state index in [0.717, 1.165) is 10.9 Å². The Kier molecular flexibility index (Phi) is 4.52. The normalized spacial score (nSPS) is 10.4. The number of para-hydroxylation sites is 1. The van der Waals surface area contributed by atoms with Gasteiger partial charge < -0.3 is 10.4 Å². The van der Waals surface area contributed by atoms with Crippen molar-refractivity contribution in [2.24, 2.45) is 0 Å². The summed E-state index contributed by atoms with van der Waals surface area (Å²) in [5, 5.41) is 12.0. The number of carboxylic acid groups (broad SMARTS) is 1. The molecule has 20 heavy (non-hydrogen) atoms. The summed E-state index contributed by atoms with van der Waals surface area (Å²) in [6.07, 6.45) is 0. The van der Waals surface area contributed by atoms with Crippen molar-refractivity contribution in [2.45, 2.75) is 12.7 Å². The van der Waals surface area contributed by atoms with E-state index in [2.05, 4.69) is 15.3 Å². The Morgan fingerprint density at radius 3 is 2.75 bits per heavy atom. The predicted octanol–water partition coefficient (Wildman–Crippen LogP) is 1.91. The molecule has 0 radical (unpaired) electrons. The third-order valence-electron chi connectivity index (χ3n) is 2.40. The van der Waals surface area contributed by atoms with Crippen molar-refractivity contribution in [3.63, 3.8) is 0 Å². The van der Waals surface area contributed by atoms with Gasteiger partial charge in [0.1, 0.15) is 11.6 Å². The number of carbonyl (C=O) groups is 2. The van der Waals surface area contributed by atoms with Crippen LogP contribution in [0.15, 0.2) is 24.3 Å². The highest BCUT2D eigenvalue weighted by atomic mass is 32.2. The molecule has 1 aromatic heterocycles. The third kappa shape index (κ3) is 3.67. The fourth-order valence-electron chi connectivity index (χ4n) is 1.68. The van der Waals surface area contributed by atoms with Gasteiger partial charge in [-0.3, -0.25) is 9.59 Å². The average Bonchev–Trinajstić information content (AvgIpc) is 2.37. The second-order valence-corrected chi connectivity index (χ2v) is 5.06. The number of hydrogen-bond acceptors (Lipinski definition) is 5. The summed E-state index contributed by atoms with van der Waals surface area (Å²) in [4.78, 5) is 30.4. The van der Waals surface area contributed by atoms with E-state index in [1.54, 1.807) is 0 Å². The lowest BCUT2D eigenvalue weighted by molar-refractivity contribution is -0.133. The van der Waals surface area contributed by atoms with Crippen LogP contribution in [0.3, 0.4) is 0 Å². The number of rotatable bonds is 5. The van der Waals surface area contributed by atoms with E-state index in [9.17, 15) is 9.59 Å². The number of aliphatic carboxylic acids is 1. The first-order valence-corrected chi connectivity index (χ1v) is 7.04. The van der Waals surface area contributed by atoms with Crippen LogP contribution in [0, 0.1) is 0 Å². The molecule has 0 spiro atoms. The van der Waals surface area contributed by atoms with Crippen LogP contribution in [0.2, 0.25) is 0 Å². The molecule has 7 heteroatoms. The molecule has 6 nitrogen and oxygen atoms in total. The summed E-state index contributed by atoms with van der Waals surface area (Å²) in [7, 11) is 0. The third-order valence-corrected chi connectivity index (χ3v) is 3.31. The van der Waals surface area contributed by atoms with Gasteiger partial charge in [-0.05, 0) is 12.1 Å².